The van der Waals surface area contributed by atoms with Crippen LogP contribution in [0.5, 0.6) is 5.75 Å². The van der Waals surface area contributed by atoms with E-state index in [1.807, 2.05) is 50.4 Å². The van der Waals surface area contributed by atoms with Gasteiger partial charge in [-0.3, -0.25) is 4.68 Å². The first-order chi connectivity index (χ1) is 22.7. The molecular formula is C38H48ClN3O5Si. The van der Waals surface area contributed by atoms with Gasteiger partial charge in [0.2, 0.25) is 0 Å². The normalized spacial score (nSPS) is 13.0. The van der Waals surface area contributed by atoms with E-state index < -0.39 is 20.4 Å². The Balaban J connectivity index is 1.47. The van der Waals surface area contributed by atoms with Gasteiger partial charge in [0.05, 0.1) is 29.4 Å². The molecule has 0 aliphatic rings. The third-order valence-corrected chi connectivity index (χ3v) is 14.5. The largest absolute Gasteiger partial charge is 0.493 e. The van der Waals surface area contributed by atoms with Gasteiger partial charge in [0.25, 0.3) is 0 Å². The lowest BCUT2D eigenvalue weighted by Crippen LogP contribution is -2.41. The van der Waals surface area contributed by atoms with Crippen molar-refractivity contribution in [1.82, 2.24) is 14.8 Å². The second-order valence-corrected chi connectivity index (χ2v) is 19.1. The number of H-pyrrole nitrogens is 1. The van der Waals surface area contributed by atoms with E-state index in [2.05, 4.69) is 57.0 Å². The summed E-state index contributed by atoms with van der Waals surface area (Å²) in [5.41, 5.74) is 4.76. The van der Waals surface area contributed by atoms with E-state index in [0.717, 1.165) is 38.7 Å². The van der Waals surface area contributed by atoms with Crippen molar-refractivity contribution in [2.45, 2.75) is 78.1 Å². The molecule has 48 heavy (non-hydrogen) atoms. The van der Waals surface area contributed by atoms with Crippen molar-refractivity contribution in [2.75, 3.05) is 19.8 Å². The number of carbonyl (C=O) groups is 1. The van der Waals surface area contributed by atoms with Crippen LogP contribution in [0, 0.1) is 6.92 Å². The molecule has 0 spiro atoms. The minimum atomic E-state index is -1.98. The van der Waals surface area contributed by atoms with Gasteiger partial charge in [-0.05, 0) is 67.9 Å². The highest BCUT2D eigenvalue weighted by Crippen LogP contribution is 2.43. The van der Waals surface area contributed by atoms with E-state index in [1.165, 1.54) is 0 Å². The zero-order valence-electron chi connectivity index (χ0n) is 29.4. The number of ether oxygens (including phenoxy) is 2. The minimum absolute atomic E-state index is 0.0673. The maximum atomic E-state index is 13.3. The Hall–Kier alpha value is -3.63. The standard InChI is InChI=1S/C38H48ClN3O5Si/c1-9-45-37(44)35-27(17-13-22-46-31-18-12-15-25-14-10-11-16-26(25)31)28-19-20-29(39)33(34(28)40-35)32-24(2)42(6)41-36(32)30(43)21-23-47-48(7,8)38(3,4)5/h10-12,14-16,18-20,30,40,43H,9,13,17,21-23H2,1-8H3. The van der Waals surface area contributed by atoms with Crippen LogP contribution >= 0.6 is 11.6 Å². The summed E-state index contributed by atoms with van der Waals surface area (Å²) in [6.07, 6.45) is 0.766. The van der Waals surface area contributed by atoms with Gasteiger partial charge in [-0.25, -0.2) is 4.79 Å². The fraction of sp³-hybridized carbons (Fsp3) is 0.421. The molecule has 2 aromatic heterocycles. The molecule has 256 valence electrons. The van der Waals surface area contributed by atoms with Gasteiger partial charge in [0.1, 0.15) is 17.5 Å². The van der Waals surface area contributed by atoms with Crippen LogP contribution in [-0.4, -0.2) is 54.0 Å². The molecule has 2 N–H and O–H groups in total. The molecule has 0 amide bonds. The number of aliphatic hydroxyl groups excluding tert-OH is 1. The number of fused-ring (bicyclic) bond motifs is 2. The molecule has 0 aliphatic carbocycles. The summed E-state index contributed by atoms with van der Waals surface area (Å²) >= 11 is 6.96. The van der Waals surface area contributed by atoms with Crippen LogP contribution in [0.1, 0.15) is 74.1 Å². The van der Waals surface area contributed by atoms with Gasteiger partial charge in [-0.15, -0.1) is 0 Å². The number of aromatic nitrogens is 3. The summed E-state index contributed by atoms with van der Waals surface area (Å²) in [6, 6.07) is 18.0. The number of carbonyl (C=O) groups excluding carboxylic acids is 1. The van der Waals surface area contributed by atoms with Crippen LogP contribution < -0.4 is 4.74 Å². The molecule has 5 rings (SSSR count). The first kappa shape index (κ1) is 35.7. The van der Waals surface area contributed by atoms with E-state index in [4.69, 9.17) is 30.6 Å². The Morgan fingerprint density at radius 2 is 1.77 bits per heavy atom. The number of hydrogen-bond donors (Lipinski definition) is 2. The Kier molecular flexibility index (Phi) is 10.7. The number of rotatable bonds is 13. The first-order valence-electron chi connectivity index (χ1n) is 16.7. The Bertz CT molecular complexity index is 1920. The van der Waals surface area contributed by atoms with Crippen molar-refractivity contribution in [3.63, 3.8) is 0 Å². The summed E-state index contributed by atoms with van der Waals surface area (Å²) in [4.78, 5) is 16.7. The molecule has 0 radical (unpaired) electrons. The van der Waals surface area contributed by atoms with Crippen LogP contribution in [0.4, 0.5) is 0 Å². The predicted octanol–water partition coefficient (Wildman–Crippen LogP) is 9.32. The lowest BCUT2D eigenvalue weighted by Gasteiger charge is -2.36. The van der Waals surface area contributed by atoms with E-state index >= 15 is 0 Å². The highest BCUT2D eigenvalue weighted by molar-refractivity contribution is 6.74. The van der Waals surface area contributed by atoms with Crippen LogP contribution in [0.25, 0.3) is 32.8 Å². The molecule has 5 aromatic rings. The van der Waals surface area contributed by atoms with Crippen molar-refractivity contribution in [2.24, 2.45) is 7.05 Å². The topological polar surface area (TPSA) is 98.6 Å². The van der Waals surface area contributed by atoms with Gasteiger partial charge in [-0.2, -0.15) is 5.10 Å². The zero-order valence-corrected chi connectivity index (χ0v) is 31.1. The maximum absolute atomic E-state index is 13.3. The average Bonchev–Trinajstić information content (AvgIpc) is 3.55. The molecule has 0 fully saturated rings. The molecule has 8 nitrogen and oxygen atoms in total. The average molecular weight is 690 g/mol. The monoisotopic (exact) mass is 689 g/mol. The molecule has 10 heteroatoms. The van der Waals surface area contributed by atoms with E-state index in [9.17, 15) is 9.90 Å². The number of aryl methyl sites for hydroxylation is 2. The van der Waals surface area contributed by atoms with E-state index in [1.54, 1.807) is 11.6 Å². The molecular weight excluding hydrogens is 642 g/mol. The summed E-state index contributed by atoms with van der Waals surface area (Å²) in [7, 11) is -0.127. The number of aromatic amines is 1. The molecule has 0 saturated heterocycles. The number of hydrogen-bond acceptors (Lipinski definition) is 6. The molecule has 1 atom stereocenters. The Morgan fingerprint density at radius 3 is 2.50 bits per heavy atom. The lowest BCUT2D eigenvalue weighted by molar-refractivity contribution is 0.0519. The lowest BCUT2D eigenvalue weighted by atomic mass is 9.96. The maximum Gasteiger partial charge on any atom is 0.355 e. The van der Waals surface area contributed by atoms with Crippen LogP contribution in [0.2, 0.25) is 23.2 Å². The number of benzene rings is 3. The van der Waals surface area contributed by atoms with Gasteiger partial charge in [0.15, 0.2) is 8.32 Å². The number of nitrogens with one attached hydrogen (secondary N) is 1. The van der Waals surface area contributed by atoms with Crippen LogP contribution in [-0.2, 0) is 22.6 Å². The Labute approximate surface area is 289 Å². The molecule has 0 aliphatic heterocycles. The van der Waals surface area contributed by atoms with E-state index in [0.29, 0.717) is 60.0 Å². The zero-order chi connectivity index (χ0) is 34.8. The fourth-order valence-electron chi connectivity index (χ4n) is 5.88. The summed E-state index contributed by atoms with van der Waals surface area (Å²) in [5.74, 6) is 0.409. The highest BCUT2D eigenvalue weighted by Gasteiger charge is 2.37. The summed E-state index contributed by atoms with van der Waals surface area (Å²) in [6.45, 7) is 15.9. The van der Waals surface area contributed by atoms with Crippen molar-refractivity contribution < 1.29 is 23.8 Å². The second kappa shape index (κ2) is 14.5. The third kappa shape index (κ3) is 7.20. The predicted molar refractivity (Wildman–Crippen MR) is 197 cm³/mol. The molecule has 0 saturated carbocycles. The van der Waals surface area contributed by atoms with Gasteiger partial charge in [0, 0.05) is 47.7 Å². The highest BCUT2D eigenvalue weighted by atomic mass is 35.5. The van der Waals surface area contributed by atoms with Gasteiger partial charge < -0.3 is 24.0 Å². The fourth-order valence-corrected chi connectivity index (χ4v) is 7.20. The van der Waals surface area contributed by atoms with Gasteiger partial charge >= 0.3 is 5.97 Å². The summed E-state index contributed by atoms with van der Waals surface area (Å²) < 4.78 is 19.8. The first-order valence-corrected chi connectivity index (χ1v) is 20.0. The molecule has 0 bridgehead atoms. The number of halogens is 1. The van der Waals surface area contributed by atoms with Crippen LogP contribution in [0.15, 0.2) is 54.6 Å². The second-order valence-electron chi connectivity index (χ2n) is 13.9. The number of nitrogens with zero attached hydrogens (tertiary/aromatic N) is 2. The van der Waals surface area contributed by atoms with Crippen molar-refractivity contribution >= 4 is 47.6 Å². The van der Waals surface area contributed by atoms with Crippen LogP contribution in [0.3, 0.4) is 0 Å². The third-order valence-electron chi connectivity index (χ3n) is 9.68. The van der Waals surface area contributed by atoms with Crippen molar-refractivity contribution in [3.05, 3.63) is 82.3 Å². The smallest absolute Gasteiger partial charge is 0.355 e. The molecule has 3 aromatic carbocycles. The quantitative estimate of drug-likeness (QED) is 0.0726. The van der Waals surface area contributed by atoms with Gasteiger partial charge in [-0.1, -0.05) is 74.8 Å². The van der Waals surface area contributed by atoms with E-state index in [-0.39, 0.29) is 11.6 Å². The molecule has 2 heterocycles. The summed E-state index contributed by atoms with van der Waals surface area (Å²) in [5, 5.41) is 19.9. The Morgan fingerprint density at radius 1 is 1.04 bits per heavy atom. The SMILES string of the molecule is CCOC(=O)c1[nH]c2c(-c3c(C(O)CCO[Si](C)(C)C(C)(C)C)nn(C)c3C)c(Cl)ccc2c1CCCOc1cccc2ccccc12. The van der Waals surface area contributed by atoms with Crippen molar-refractivity contribution in [1.29, 1.82) is 0 Å². The number of esters is 1. The van der Waals surface area contributed by atoms with Crippen molar-refractivity contribution in [3.8, 4) is 16.9 Å². The minimum Gasteiger partial charge on any atom is -0.493 e. The number of aliphatic hydroxyl groups is 1. The molecule has 1 unspecified atom stereocenters.